The van der Waals surface area contributed by atoms with Crippen LogP contribution in [0, 0.1) is 0 Å². The third kappa shape index (κ3) is 3.87. The standard InChI is InChI=1S/C11H13BrO2S/c1-8(2)15(14)7-11(13)9-3-5-10(12)6-4-9/h3-6,8H,7H2,1-2H3. The van der Waals surface area contributed by atoms with Gasteiger partial charge in [-0.2, -0.15) is 0 Å². The van der Waals surface area contributed by atoms with Crippen molar-refractivity contribution in [1.82, 2.24) is 0 Å². The molecule has 0 N–H and O–H groups in total. The molecule has 1 atom stereocenters. The number of Topliss-reactive ketones (excluding diaryl/α,β-unsaturated/α-hetero) is 1. The van der Waals surface area contributed by atoms with Crippen molar-refractivity contribution in [2.24, 2.45) is 0 Å². The molecule has 0 radical (unpaired) electrons. The Hall–Kier alpha value is -0.480. The molecule has 1 rings (SSSR count). The summed E-state index contributed by atoms with van der Waals surface area (Å²) in [4.78, 5) is 11.7. The van der Waals surface area contributed by atoms with Crippen molar-refractivity contribution in [1.29, 1.82) is 0 Å². The Bertz CT molecular complexity index is 371. The lowest BCUT2D eigenvalue weighted by molar-refractivity contribution is 0.102. The van der Waals surface area contributed by atoms with Gasteiger partial charge in [-0.3, -0.25) is 9.00 Å². The molecule has 0 saturated carbocycles. The fourth-order valence-corrected chi connectivity index (χ4v) is 2.04. The van der Waals surface area contributed by atoms with Gasteiger partial charge in [-0.25, -0.2) is 0 Å². The molecule has 0 saturated heterocycles. The number of carbonyl (C=O) groups is 1. The smallest absolute Gasteiger partial charge is 0.175 e. The van der Waals surface area contributed by atoms with Crippen LogP contribution in [0.3, 0.4) is 0 Å². The maximum Gasteiger partial charge on any atom is 0.175 e. The van der Waals surface area contributed by atoms with Gasteiger partial charge in [0.1, 0.15) is 0 Å². The van der Waals surface area contributed by atoms with Crippen LogP contribution in [0.2, 0.25) is 0 Å². The number of halogens is 1. The van der Waals surface area contributed by atoms with E-state index in [-0.39, 0.29) is 16.8 Å². The molecule has 0 spiro atoms. The number of hydrogen-bond acceptors (Lipinski definition) is 2. The lowest BCUT2D eigenvalue weighted by Gasteiger charge is -2.04. The van der Waals surface area contributed by atoms with Crippen LogP contribution in [0.1, 0.15) is 24.2 Å². The van der Waals surface area contributed by atoms with E-state index in [0.29, 0.717) is 5.56 Å². The maximum absolute atomic E-state index is 11.7. The molecule has 1 unspecified atom stereocenters. The van der Waals surface area contributed by atoms with Crippen LogP contribution < -0.4 is 0 Å². The number of hydrogen-bond donors (Lipinski definition) is 0. The van der Waals surface area contributed by atoms with E-state index in [1.54, 1.807) is 12.1 Å². The van der Waals surface area contributed by atoms with E-state index >= 15 is 0 Å². The Morgan fingerprint density at radius 1 is 1.33 bits per heavy atom. The zero-order chi connectivity index (χ0) is 11.4. The first-order valence-electron chi connectivity index (χ1n) is 4.66. The highest BCUT2D eigenvalue weighted by Gasteiger charge is 2.12. The third-order valence-electron chi connectivity index (χ3n) is 1.97. The molecule has 15 heavy (non-hydrogen) atoms. The van der Waals surface area contributed by atoms with Crippen LogP contribution in [0.5, 0.6) is 0 Å². The molecule has 0 heterocycles. The molecule has 4 heteroatoms. The van der Waals surface area contributed by atoms with Gasteiger partial charge in [-0.15, -0.1) is 0 Å². The predicted molar refractivity (Wildman–Crippen MR) is 66.6 cm³/mol. The quantitative estimate of drug-likeness (QED) is 0.799. The minimum atomic E-state index is -1.07. The molecule has 1 aromatic carbocycles. The van der Waals surface area contributed by atoms with Crippen LogP contribution in [-0.2, 0) is 10.8 Å². The molecule has 2 nitrogen and oxygen atoms in total. The van der Waals surface area contributed by atoms with Crippen LogP contribution in [-0.4, -0.2) is 21.0 Å². The van der Waals surface area contributed by atoms with Gasteiger partial charge in [-0.1, -0.05) is 41.9 Å². The molecular formula is C11H13BrO2S. The van der Waals surface area contributed by atoms with E-state index in [4.69, 9.17) is 0 Å². The van der Waals surface area contributed by atoms with Crippen molar-refractivity contribution >= 4 is 32.5 Å². The number of ketones is 1. The second-order valence-corrected chi connectivity index (χ2v) is 6.41. The van der Waals surface area contributed by atoms with Gasteiger partial charge in [-0.05, 0) is 12.1 Å². The highest BCUT2D eigenvalue weighted by molar-refractivity contribution is 9.10. The van der Waals surface area contributed by atoms with Gasteiger partial charge in [0.15, 0.2) is 5.78 Å². The largest absolute Gasteiger partial charge is 0.293 e. The van der Waals surface area contributed by atoms with Crippen LogP contribution in [0.25, 0.3) is 0 Å². The molecule has 0 fully saturated rings. The van der Waals surface area contributed by atoms with Gasteiger partial charge in [0.2, 0.25) is 0 Å². The number of benzene rings is 1. The van der Waals surface area contributed by atoms with Crippen molar-refractivity contribution in [2.75, 3.05) is 5.75 Å². The Morgan fingerprint density at radius 2 is 1.87 bits per heavy atom. The average Bonchev–Trinajstić information content (AvgIpc) is 2.18. The Morgan fingerprint density at radius 3 is 2.33 bits per heavy atom. The topological polar surface area (TPSA) is 34.1 Å². The summed E-state index contributed by atoms with van der Waals surface area (Å²) in [6.45, 7) is 3.70. The Labute approximate surface area is 101 Å². The molecule has 0 bridgehead atoms. The monoisotopic (exact) mass is 288 g/mol. The zero-order valence-corrected chi connectivity index (χ0v) is 11.1. The van der Waals surface area contributed by atoms with E-state index in [9.17, 15) is 9.00 Å². The van der Waals surface area contributed by atoms with E-state index in [1.165, 1.54) is 0 Å². The summed E-state index contributed by atoms with van der Waals surface area (Å²) < 4.78 is 12.4. The van der Waals surface area contributed by atoms with Crippen LogP contribution in [0.15, 0.2) is 28.7 Å². The summed E-state index contributed by atoms with van der Waals surface area (Å²) >= 11 is 3.30. The summed E-state index contributed by atoms with van der Waals surface area (Å²) in [5, 5.41) is 0.0319. The molecule has 0 aliphatic heterocycles. The maximum atomic E-state index is 11.7. The van der Waals surface area contributed by atoms with E-state index in [0.717, 1.165) is 4.47 Å². The second-order valence-electron chi connectivity index (χ2n) is 3.50. The third-order valence-corrected chi connectivity index (χ3v) is 4.09. The first kappa shape index (κ1) is 12.6. The summed E-state index contributed by atoms with van der Waals surface area (Å²) in [6.07, 6.45) is 0. The highest BCUT2D eigenvalue weighted by atomic mass is 79.9. The Kier molecular flexibility index (Phi) is 4.67. The van der Waals surface area contributed by atoms with Crippen molar-refractivity contribution in [2.45, 2.75) is 19.1 Å². The molecule has 0 aliphatic carbocycles. The fourth-order valence-electron chi connectivity index (χ4n) is 1.01. The molecule has 1 aromatic rings. The van der Waals surface area contributed by atoms with Gasteiger partial charge in [0.05, 0.1) is 5.75 Å². The van der Waals surface area contributed by atoms with E-state index < -0.39 is 10.8 Å². The first-order valence-corrected chi connectivity index (χ1v) is 6.84. The fraction of sp³-hybridized carbons (Fsp3) is 0.364. The second kappa shape index (κ2) is 5.56. The number of carbonyl (C=O) groups excluding carboxylic acids is 1. The summed E-state index contributed by atoms with van der Waals surface area (Å²) in [6, 6.07) is 7.10. The van der Waals surface area contributed by atoms with Crippen molar-refractivity contribution < 1.29 is 9.00 Å². The summed E-state index contributed by atoms with van der Waals surface area (Å²) in [5.74, 6) is 0.0498. The van der Waals surface area contributed by atoms with Crippen LogP contribution in [0.4, 0.5) is 0 Å². The van der Waals surface area contributed by atoms with Crippen molar-refractivity contribution in [3.05, 3.63) is 34.3 Å². The zero-order valence-electron chi connectivity index (χ0n) is 8.70. The predicted octanol–water partition coefficient (Wildman–Crippen LogP) is 2.79. The Balaban J connectivity index is 2.69. The number of rotatable bonds is 4. The van der Waals surface area contributed by atoms with Gasteiger partial charge in [0.25, 0.3) is 0 Å². The van der Waals surface area contributed by atoms with Gasteiger partial charge >= 0.3 is 0 Å². The van der Waals surface area contributed by atoms with Crippen molar-refractivity contribution in [3.63, 3.8) is 0 Å². The van der Waals surface area contributed by atoms with E-state index in [2.05, 4.69) is 15.9 Å². The van der Waals surface area contributed by atoms with Gasteiger partial charge < -0.3 is 0 Å². The van der Waals surface area contributed by atoms with Gasteiger partial charge in [0, 0.05) is 26.1 Å². The molecule has 0 aliphatic rings. The minimum absolute atomic E-state index is 0.0319. The van der Waals surface area contributed by atoms with E-state index in [1.807, 2.05) is 26.0 Å². The lowest BCUT2D eigenvalue weighted by Crippen LogP contribution is -2.17. The molecule has 0 aromatic heterocycles. The first-order chi connectivity index (χ1) is 7.00. The van der Waals surface area contributed by atoms with Crippen molar-refractivity contribution in [3.8, 4) is 0 Å². The normalized spacial score (nSPS) is 12.8. The lowest BCUT2D eigenvalue weighted by atomic mass is 10.2. The van der Waals surface area contributed by atoms with Crippen LogP contribution >= 0.6 is 15.9 Å². The SMILES string of the molecule is CC(C)S(=O)CC(=O)c1ccc(Br)cc1. The molecular weight excluding hydrogens is 276 g/mol. The molecule has 0 amide bonds. The highest BCUT2D eigenvalue weighted by Crippen LogP contribution is 2.11. The average molecular weight is 289 g/mol. The summed E-state index contributed by atoms with van der Waals surface area (Å²) in [7, 11) is -1.07. The summed E-state index contributed by atoms with van der Waals surface area (Å²) in [5.41, 5.74) is 0.618. The minimum Gasteiger partial charge on any atom is -0.293 e. The molecule has 82 valence electrons.